The van der Waals surface area contributed by atoms with Crippen LogP contribution < -0.4 is 5.32 Å². The molecule has 0 aliphatic carbocycles. The molecule has 0 bridgehead atoms. The van der Waals surface area contributed by atoms with Crippen LogP contribution in [0.15, 0.2) is 45.1 Å². The number of fused-ring (bicyclic) bond motifs is 1. The molecule has 0 spiro atoms. The van der Waals surface area contributed by atoms with Crippen LogP contribution in [-0.4, -0.2) is 23.0 Å². The van der Waals surface area contributed by atoms with Gasteiger partial charge in [0.25, 0.3) is 0 Å². The Labute approximate surface area is 107 Å². The fourth-order valence-corrected chi connectivity index (χ4v) is 2.21. The van der Waals surface area contributed by atoms with Crippen LogP contribution in [-0.2, 0) is 4.79 Å². The molecule has 18 heavy (non-hydrogen) atoms. The van der Waals surface area contributed by atoms with E-state index in [0.717, 1.165) is 16.5 Å². The van der Waals surface area contributed by atoms with Gasteiger partial charge in [-0.1, -0.05) is 23.9 Å². The lowest BCUT2D eigenvalue weighted by Crippen LogP contribution is -2.19. The molecule has 6 heteroatoms. The summed E-state index contributed by atoms with van der Waals surface area (Å²) in [5, 5.41) is 12.1. The second-order valence-electron chi connectivity index (χ2n) is 3.70. The van der Waals surface area contributed by atoms with Crippen molar-refractivity contribution in [3.63, 3.8) is 0 Å². The molecule has 1 amide bonds. The maximum absolute atomic E-state index is 10.9. The van der Waals surface area contributed by atoms with Gasteiger partial charge in [-0.25, -0.2) is 0 Å². The maximum Gasteiger partial charge on any atom is 0.236 e. The molecule has 1 N–H and O–H groups in total. The fraction of sp³-hybridized carbons (Fsp3) is 0.0833. The van der Waals surface area contributed by atoms with Crippen molar-refractivity contribution in [1.82, 2.24) is 5.32 Å². The van der Waals surface area contributed by atoms with Gasteiger partial charge in [-0.3, -0.25) is 4.79 Å². The Morgan fingerprint density at radius 1 is 1.39 bits per heavy atom. The molecule has 0 saturated carbocycles. The second kappa shape index (κ2) is 4.66. The van der Waals surface area contributed by atoms with Crippen LogP contribution in [0.5, 0.6) is 0 Å². The number of amides is 1. The number of carbonyl (C=O) groups excluding carboxylic acids is 1. The molecule has 1 saturated heterocycles. The molecule has 1 aliphatic rings. The summed E-state index contributed by atoms with van der Waals surface area (Å²) in [6.45, 7) is 0. The summed E-state index contributed by atoms with van der Waals surface area (Å²) in [6.07, 6.45) is 3.27. The van der Waals surface area contributed by atoms with Crippen molar-refractivity contribution in [2.24, 2.45) is 10.2 Å². The number of hydrogen-bond acceptors (Lipinski definition) is 5. The van der Waals surface area contributed by atoms with E-state index in [1.165, 1.54) is 11.8 Å². The lowest BCUT2D eigenvalue weighted by molar-refractivity contribution is -0.116. The van der Waals surface area contributed by atoms with Gasteiger partial charge < -0.3 is 9.73 Å². The van der Waals surface area contributed by atoms with Crippen LogP contribution in [0, 0.1) is 0 Å². The lowest BCUT2D eigenvalue weighted by Gasteiger charge is -1.92. The zero-order chi connectivity index (χ0) is 12.4. The second-order valence-corrected chi connectivity index (χ2v) is 4.67. The molecule has 0 atom stereocenters. The predicted molar refractivity (Wildman–Crippen MR) is 71.8 cm³/mol. The van der Waals surface area contributed by atoms with Crippen molar-refractivity contribution in [2.75, 3.05) is 5.75 Å². The van der Waals surface area contributed by atoms with Crippen LogP contribution in [0.1, 0.15) is 5.56 Å². The Hall–Kier alpha value is -2.08. The number of rotatable bonds is 2. The Morgan fingerprint density at radius 3 is 3.17 bits per heavy atom. The highest BCUT2D eigenvalue weighted by molar-refractivity contribution is 8.15. The molecule has 2 heterocycles. The zero-order valence-electron chi connectivity index (χ0n) is 9.29. The topological polar surface area (TPSA) is 67.0 Å². The first-order valence-electron chi connectivity index (χ1n) is 5.32. The molecular weight excluding hydrogens is 250 g/mol. The molecular formula is C12H9N3O2S. The third-order valence-electron chi connectivity index (χ3n) is 2.42. The van der Waals surface area contributed by atoms with E-state index >= 15 is 0 Å². The molecule has 1 aromatic heterocycles. The van der Waals surface area contributed by atoms with Gasteiger partial charge >= 0.3 is 0 Å². The van der Waals surface area contributed by atoms with Crippen molar-refractivity contribution in [3.8, 4) is 0 Å². The number of nitrogens with one attached hydrogen (secondary N) is 1. The van der Waals surface area contributed by atoms with Crippen LogP contribution >= 0.6 is 11.8 Å². The molecule has 3 rings (SSSR count). The van der Waals surface area contributed by atoms with Crippen molar-refractivity contribution in [3.05, 3.63) is 36.1 Å². The molecule has 1 aliphatic heterocycles. The summed E-state index contributed by atoms with van der Waals surface area (Å²) in [5.41, 5.74) is 1.71. The average Bonchev–Trinajstić information content (AvgIpc) is 2.97. The molecule has 1 aromatic carbocycles. The first-order chi connectivity index (χ1) is 8.81. The number of benzene rings is 1. The van der Waals surface area contributed by atoms with Crippen LogP contribution in [0.3, 0.4) is 0 Å². The van der Waals surface area contributed by atoms with Gasteiger partial charge in [-0.05, 0) is 17.7 Å². The first-order valence-corrected chi connectivity index (χ1v) is 6.31. The van der Waals surface area contributed by atoms with E-state index in [0.29, 0.717) is 10.9 Å². The van der Waals surface area contributed by atoms with Gasteiger partial charge in [-0.15, -0.1) is 5.10 Å². The third kappa shape index (κ3) is 2.28. The third-order valence-corrected chi connectivity index (χ3v) is 3.29. The highest BCUT2D eigenvalue weighted by Crippen LogP contribution is 2.16. The largest absolute Gasteiger partial charge is 0.464 e. The van der Waals surface area contributed by atoms with E-state index in [-0.39, 0.29) is 5.91 Å². The Morgan fingerprint density at radius 2 is 2.33 bits per heavy atom. The van der Waals surface area contributed by atoms with Crippen molar-refractivity contribution in [1.29, 1.82) is 0 Å². The quantitative estimate of drug-likeness (QED) is 0.662. The molecule has 1 fully saturated rings. The summed E-state index contributed by atoms with van der Waals surface area (Å²) >= 11 is 1.35. The molecule has 0 unspecified atom stereocenters. The monoisotopic (exact) mass is 259 g/mol. The Balaban J connectivity index is 1.77. The van der Waals surface area contributed by atoms with E-state index in [9.17, 15) is 4.79 Å². The van der Waals surface area contributed by atoms with Crippen molar-refractivity contribution < 1.29 is 9.21 Å². The van der Waals surface area contributed by atoms with Crippen LogP contribution in [0.2, 0.25) is 0 Å². The molecule has 2 aromatic rings. The van der Waals surface area contributed by atoms with Gasteiger partial charge in [-0.2, -0.15) is 5.10 Å². The number of carbonyl (C=O) groups is 1. The minimum absolute atomic E-state index is 0.0362. The van der Waals surface area contributed by atoms with Crippen LogP contribution in [0.4, 0.5) is 0 Å². The number of hydrogen-bond donors (Lipinski definition) is 1. The van der Waals surface area contributed by atoms with Crippen LogP contribution in [0.25, 0.3) is 11.0 Å². The smallest absolute Gasteiger partial charge is 0.236 e. The zero-order valence-corrected chi connectivity index (χ0v) is 10.1. The number of thioether (sulfide) groups is 1. The predicted octanol–water partition coefficient (Wildman–Crippen LogP) is 1.99. The first kappa shape index (κ1) is 11.0. The Bertz CT molecular complexity index is 660. The summed E-state index contributed by atoms with van der Waals surface area (Å²) < 4.78 is 5.29. The number of nitrogens with zero attached hydrogens (tertiary/aromatic N) is 2. The molecule has 90 valence electrons. The van der Waals surface area contributed by atoms with E-state index in [1.807, 2.05) is 24.3 Å². The highest BCUT2D eigenvalue weighted by atomic mass is 32.2. The standard InChI is InChI=1S/C12H9N3O2S/c16-11-7-18-12(14-11)15-13-6-8-1-2-9-3-4-17-10(9)5-8/h1-6H,7H2,(H,14,15,16). The van der Waals surface area contributed by atoms with Gasteiger partial charge in [0.2, 0.25) is 5.91 Å². The normalized spacial score (nSPS) is 18.0. The summed E-state index contributed by atoms with van der Waals surface area (Å²) in [5.74, 6) is 0.373. The Kier molecular flexibility index (Phi) is 2.85. The highest BCUT2D eigenvalue weighted by Gasteiger charge is 2.15. The maximum atomic E-state index is 10.9. The molecule has 0 radical (unpaired) electrons. The van der Waals surface area contributed by atoms with E-state index in [2.05, 4.69) is 15.5 Å². The minimum Gasteiger partial charge on any atom is -0.464 e. The van der Waals surface area contributed by atoms with Crippen molar-refractivity contribution >= 4 is 40.0 Å². The minimum atomic E-state index is -0.0362. The lowest BCUT2D eigenvalue weighted by atomic mass is 10.2. The van der Waals surface area contributed by atoms with Gasteiger partial charge in [0.15, 0.2) is 5.17 Å². The number of amidine groups is 1. The summed E-state index contributed by atoms with van der Waals surface area (Å²) in [7, 11) is 0. The van der Waals surface area contributed by atoms with Gasteiger partial charge in [0.05, 0.1) is 18.2 Å². The molecule has 5 nitrogen and oxygen atoms in total. The van der Waals surface area contributed by atoms with E-state index in [1.54, 1.807) is 12.5 Å². The van der Waals surface area contributed by atoms with E-state index < -0.39 is 0 Å². The fourth-order valence-electron chi connectivity index (χ4n) is 1.58. The van der Waals surface area contributed by atoms with Gasteiger partial charge in [0.1, 0.15) is 5.58 Å². The van der Waals surface area contributed by atoms with Gasteiger partial charge in [0, 0.05) is 5.39 Å². The SMILES string of the molecule is O=C1CSC(=NN=Cc2ccc3ccoc3c2)N1. The average molecular weight is 259 g/mol. The summed E-state index contributed by atoms with van der Waals surface area (Å²) in [4.78, 5) is 10.9. The summed E-state index contributed by atoms with van der Waals surface area (Å²) in [6, 6.07) is 7.68. The van der Waals surface area contributed by atoms with Crippen molar-refractivity contribution in [2.45, 2.75) is 0 Å². The van der Waals surface area contributed by atoms with E-state index in [4.69, 9.17) is 4.42 Å². The number of furan rings is 1.